The van der Waals surface area contributed by atoms with Crippen molar-refractivity contribution in [2.24, 2.45) is 0 Å². The van der Waals surface area contributed by atoms with E-state index in [2.05, 4.69) is 10.1 Å². The number of nitrogens with one attached hydrogen (secondary N) is 1. The second-order valence-electron chi connectivity index (χ2n) is 5.13. The van der Waals surface area contributed by atoms with Crippen LogP contribution >= 0.6 is 0 Å². The number of ether oxygens (including phenoxy) is 2. The van der Waals surface area contributed by atoms with E-state index < -0.39 is 12.2 Å². The molecule has 0 unspecified atom stereocenters. The summed E-state index contributed by atoms with van der Waals surface area (Å²) in [5.74, 6) is -0.366. The van der Waals surface area contributed by atoms with E-state index in [0.29, 0.717) is 25.1 Å². The summed E-state index contributed by atoms with van der Waals surface area (Å²) in [6, 6.07) is 8.63. The van der Waals surface area contributed by atoms with Gasteiger partial charge in [-0.1, -0.05) is 31.0 Å². The van der Waals surface area contributed by atoms with Gasteiger partial charge in [-0.05, 0) is 25.0 Å². The van der Waals surface area contributed by atoms with Crippen LogP contribution in [0.25, 0.3) is 0 Å². The highest BCUT2D eigenvalue weighted by Crippen LogP contribution is 2.09. The molecule has 24 heavy (non-hydrogen) atoms. The van der Waals surface area contributed by atoms with Crippen molar-refractivity contribution in [1.82, 2.24) is 10.2 Å². The summed E-state index contributed by atoms with van der Waals surface area (Å²) >= 11 is 0. The molecule has 1 aromatic carbocycles. The number of carbonyl (C=O) groups is 3. The minimum Gasteiger partial charge on any atom is -0.453 e. The number of alkyl carbamates (subject to hydrolysis) is 1. The molecule has 7 heteroatoms. The Kier molecular flexibility index (Phi) is 8.96. The van der Waals surface area contributed by atoms with Crippen molar-refractivity contribution in [3.8, 4) is 0 Å². The lowest BCUT2D eigenvalue weighted by Gasteiger charge is -2.19. The molecule has 3 amide bonds. The summed E-state index contributed by atoms with van der Waals surface area (Å²) in [6.07, 6.45) is 2.08. The van der Waals surface area contributed by atoms with Crippen LogP contribution in [0.5, 0.6) is 0 Å². The van der Waals surface area contributed by atoms with Gasteiger partial charge in [0.1, 0.15) is 0 Å². The summed E-state index contributed by atoms with van der Waals surface area (Å²) in [5, 5.41) is 2.60. The number of carbonyl (C=O) groups excluding carboxylic acids is 3. The molecule has 0 fully saturated rings. The Labute approximate surface area is 141 Å². The molecule has 1 aromatic rings. The third kappa shape index (κ3) is 6.68. The molecule has 0 aromatic heterocycles. The van der Waals surface area contributed by atoms with Gasteiger partial charge < -0.3 is 14.8 Å². The van der Waals surface area contributed by atoms with Gasteiger partial charge in [-0.15, -0.1) is 0 Å². The first-order valence-corrected chi connectivity index (χ1v) is 7.86. The lowest BCUT2D eigenvalue weighted by atomic mass is 10.1. The minimum absolute atomic E-state index is 0.296. The van der Waals surface area contributed by atoms with Crippen LogP contribution in [0.1, 0.15) is 36.0 Å². The van der Waals surface area contributed by atoms with Gasteiger partial charge in [0, 0.05) is 18.7 Å². The van der Waals surface area contributed by atoms with Gasteiger partial charge in [0.05, 0.1) is 14.2 Å². The van der Waals surface area contributed by atoms with Gasteiger partial charge in [0.2, 0.25) is 0 Å². The molecular weight excluding hydrogens is 312 g/mol. The number of rotatable bonds is 8. The van der Waals surface area contributed by atoms with Gasteiger partial charge >= 0.3 is 12.2 Å². The fraction of sp³-hybridized carbons (Fsp3) is 0.471. The Morgan fingerprint density at radius 1 is 0.958 bits per heavy atom. The summed E-state index contributed by atoms with van der Waals surface area (Å²) < 4.78 is 9.16. The highest BCUT2D eigenvalue weighted by molar-refractivity contribution is 6.02. The van der Waals surface area contributed by atoms with E-state index >= 15 is 0 Å². The minimum atomic E-state index is -0.656. The van der Waals surface area contributed by atoms with E-state index in [-0.39, 0.29) is 5.91 Å². The third-order valence-electron chi connectivity index (χ3n) is 3.42. The Hall–Kier alpha value is -2.57. The predicted molar refractivity (Wildman–Crippen MR) is 88.8 cm³/mol. The van der Waals surface area contributed by atoms with E-state index in [9.17, 15) is 14.4 Å². The Morgan fingerprint density at radius 3 is 2.25 bits per heavy atom. The highest BCUT2D eigenvalue weighted by atomic mass is 16.5. The average Bonchev–Trinajstić information content (AvgIpc) is 2.63. The molecule has 0 atom stereocenters. The summed E-state index contributed by atoms with van der Waals surface area (Å²) in [5.41, 5.74) is 0.449. The maximum absolute atomic E-state index is 12.4. The lowest BCUT2D eigenvalue weighted by molar-refractivity contribution is 0.0703. The van der Waals surface area contributed by atoms with E-state index in [1.807, 2.05) is 6.07 Å². The van der Waals surface area contributed by atoms with E-state index in [0.717, 1.165) is 24.2 Å². The number of amides is 3. The average molecular weight is 336 g/mol. The number of imide groups is 1. The fourth-order valence-corrected chi connectivity index (χ4v) is 2.13. The van der Waals surface area contributed by atoms with Crippen LogP contribution in [0.15, 0.2) is 30.3 Å². The number of benzene rings is 1. The molecule has 0 radical (unpaired) electrons. The SMILES string of the molecule is COC(=O)NCCCCCCN(C(=O)OC)C(=O)c1ccccc1. The number of hydrogen-bond donors (Lipinski definition) is 1. The van der Waals surface area contributed by atoms with Crippen LogP contribution in [-0.2, 0) is 9.47 Å². The van der Waals surface area contributed by atoms with Gasteiger partial charge in [-0.2, -0.15) is 0 Å². The summed E-state index contributed by atoms with van der Waals surface area (Å²) in [4.78, 5) is 36.2. The van der Waals surface area contributed by atoms with Gasteiger partial charge in [0.25, 0.3) is 5.91 Å². The molecule has 0 saturated carbocycles. The molecule has 0 aliphatic carbocycles. The molecule has 0 spiro atoms. The summed E-state index contributed by atoms with van der Waals surface area (Å²) in [6.45, 7) is 0.834. The van der Waals surface area contributed by atoms with Crippen LogP contribution < -0.4 is 5.32 Å². The van der Waals surface area contributed by atoms with Crippen molar-refractivity contribution in [3.05, 3.63) is 35.9 Å². The van der Waals surface area contributed by atoms with Crippen molar-refractivity contribution in [1.29, 1.82) is 0 Å². The highest BCUT2D eigenvalue weighted by Gasteiger charge is 2.22. The Morgan fingerprint density at radius 2 is 1.62 bits per heavy atom. The zero-order valence-corrected chi connectivity index (χ0v) is 14.1. The predicted octanol–water partition coefficient (Wildman–Crippen LogP) is 2.81. The molecule has 1 rings (SSSR count). The molecule has 132 valence electrons. The summed E-state index contributed by atoms with van der Waals surface area (Å²) in [7, 11) is 2.58. The number of methoxy groups -OCH3 is 2. The first-order chi connectivity index (χ1) is 11.6. The second kappa shape index (κ2) is 11.0. The largest absolute Gasteiger partial charge is 0.453 e. The van der Waals surface area contributed by atoms with E-state index in [1.165, 1.54) is 14.2 Å². The number of unbranched alkanes of at least 4 members (excludes halogenated alkanes) is 3. The van der Waals surface area contributed by atoms with Crippen LogP contribution in [0.2, 0.25) is 0 Å². The molecule has 0 aliphatic rings. The first-order valence-electron chi connectivity index (χ1n) is 7.86. The molecule has 0 heterocycles. The Balaban J connectivity index is 2.38. The van der Waals surface area contributed by atoms with Crippen LogP contribution in [0.3, 0.4) is 0 Å². The van der Waals surface area contributed by atoms with E-state index in [1.54, 1.807) is 24.3 Å². The van der Waals surface area contributed by atoms with Gasteiger partial charge in [-0.3, -0.25) is 4.79 Å². The molecule has 7 nitrogen and oxygen atoms in total. The monoisotopic (exact) mass is 336 g/mol. The Bertz CT molecular complexity index is 533. The quantitative estimate of drug-likeness (QED) is 0.738. The smallest absolute Gasteiger partial charge is 0.416 e. The molecule has 0 bridgehead atoms. The molecular formula is C17H24N2O5. The topological polar surface area (TPSA) is 84.9 Å². The number of hydrogen-bond acceptors (Lipinski definition) is 5. The molecule has 1 N–H and O–H groups in total. The zero-order valence-electron chi connectivity index (χ0n) is 14.1. The molecule has 0 aliphatic heterocycles. The first kappa shape index (κ1) is 19.5. The third-order valence-corrected chi connectivity index (χ3v) is 3.42. The number of nitrogens with zero attached hydrogens (tertiary/aromatic N) is 1. The van der Waals surface area contributed by atoms with Crippen molar-refractivity contribution in [3.63, 3.8) is 0 Å². The standard InChI is InChI=1S/C17H24N2O5/c1-23-16(21)18-12-8-3-4-9-13-19(17(22)24-2)15(20)14-10-6-5-7-11-14/h5-7,10-11H,3-4,8-9,12-13H2,1-2H3,(H,18,21). The van der Waals surface area contributed by atoms with Gasteiger partial charge in [-0.25, -0.2) is 14.5 Å². The van der Waals surface area contributed by atoms with Crippen LogP contribution in [0, 0.1) is 0 Å². The fourth-order valence-electron chi connectivity index (χ4n) is 2.13. The van der Waals surface area contributed by atoms with Crippen LogP contribution in [0.4, 0.5) is 9.59 Å². The van der Waals surface area contributed by atoms with Crippen molar-refractivity contribution >= 4 is 18.1 Å². The normalized spacial score (nSPS) is 9.92. The van der Waals surface area contributed by atoms with E-state index in [4.69, 9.17) is 4.74 Å². The zero-order chi connectivity index (χ0) is 17.8. The van der Waals surface area contributed by atoms with Gasteiger partial charge in [0.15, 0.2) is 0 Å². The molecule has 0 saturated heterocycles. The maximum Gasteiger partial charge on any atom is 0.416 e. The van der Waals surface area contributed by atoms with Crippen molar-refractivity contribution in [2.75, 3.05) is 27.3 Å². The second-order valence-corrected chi connectivity index (χ2v) is 5.13. The van der Waals surface area contributed by atoms with Crippen molar-refractivity contribution < 1.29 is 23.9 Å². The maximum atomic E-state index is 12.4. The van der Waals surface area contributed by atoms with Crippen molar-refractivity contribution in [2.45, 2.75) is 25.7 Å². The van der Waals surface area contributed by atoms with Crippen LogP contribution in [-0.4, -0.2) is 50.3 Å². The lowest BCUT2D eigenvalue weighted by Crippen LogP contribution is -2.37.